The van der Waals surface area contributed by atoms with E-state index in [0.717, 1.165) is 43.9 Å². The highest BCUT2D eigenvalue weighted by atomic mass is 32.1. The van der Waals surface area contributed by atoms with Crippen molar-refractivity contribution in [2.75, 3.05) is 0 Å². The summed E-state index contributed by atoms with van der Waals surface area (Å²) in [6.07, 6.45) is 3.70. The Morgan fingerprint density at radius 3 is 2.61 bits per heavy atom. The van der Waals surface area contributed by atoms with Crippen LogP contribution in [0.4, 0.5) is 0 Å². The van der Waals surface area contributed by atoms with Crippen molar-refractivity contribution in [2.24, 2.45) is 7.05 Å². The molecule has 0 radical (unpaired) electrons. The maximum atomic E-state index is 13.3. The van der Waals surface area contributed by atoms with E-state index in [0.29, 0.717) is 17.7 Å². The van der Waals surface area contributed by atoms with Gasteiger partial charge >= 0.3 is 0 Å². The van der Waals surface area contributed by atoms with Gasteiger partial charge in [-0.25, -0.2) is 9.97 Å². The lowest BCUT2D eigenvalue weighted by molar-refractivity contribution is 0.0931. The molecule has 0 saturated heterocycles. The number of aromatic nitrogens is 4. The molecule has 0 unspecified atom stereocenters. The number of thiazole rings is 1. The van der Waals surface area contributed by atoms with Gasteiger partial charge in [-0.3, -0.25) is 14.3 Å². The summed E-state index contributed by atoms with van der Waals surface area (Å²) in [6, 6.07) is 14.7. The Bertz CT molecular complexity index is 1650. The summed E-state index contributed by atoms with van der Waals surface area (Å²) in [5.41, 5.74) is 7.90. The number of benzene rings is 2. The number of nitrogens with zero attached hydrogens (tertiary/aromatic N) is 4. The average molecular weight is 525 g/mol. The minimum absolute atomic E-state index is 0.202. The van der Waals surface area contributed by atoms with Crippen molar-refractivity contribution < 1.29 is 9.59 Å². The maximum Gasteiger partial charge on any atom is 0.252 e. The van der Waals surface area contributed by atoms with Crippen LogP contribution in [0.3, 0.4) is 0 Å². The Balaban J connectivity index is 1.35. The van der Waals surface area contributed by atoms with Crippen molar-refractivity contribution in [1.82, 2.24) is 30.4 Å². The Kier molecular flexibility index (Phi) is 7.02. The molecule has 2 N–H and O–H groups in total. The van der Waals surface area contributed by atoms with E-state index in [4.69, 9.17) is 4.98 Å². The van der Waals surface area contributed by atoms with Crippen LogP contribution in [0.15, 0.2) is 66.4 Å². The van der Waals surface area contributed by atoms with Crippen LogP contribution in [0.2, 0.25) is 0 Å². The molecule has 0 spiro atoms. The molecule has 0 saturated carbocycles. The summed E-state index contributed by atoms with van der Waals surface area (Å²) in [6.45, 7) is 6.15. The molecule has 0 bridgehead atoms. The highest BCUT2D eigenvalue weighted by Crippen LogP contribution is 2.29. The second kappa shape index (κ2) is 10.5. The maximum absolute atomic E-state index is 13.3. The predicted molar refractivity (Wildman–Crippen MR) is 149 cm³/mol. The van der Waals surface area contributed by atoms with Crippen molar-refractivity contribution in [3.63, 3.8) is 0 Å². The largest absolute Gasteiger partial charge is 0.346 e. The van der Waals surface area contributed by atoms with E-state index in [1.54, 1.807) is 45.9 Å². The zero-order valence-electron chi connectivity index (χ0n) is 21.6. The number of hydrogen-bond acceptors (Lipinski definition) is 6. The van der Waals surface area contributed by atoms with Crippen molar-refractivity contribution in [3.8, 4) is 11.3 Å². The van der Waals surface area contributed by atoms with Crippen LogP contribution in [0.5, 0.6) is 0 Å². The summed E-state index contributed by atoms with van der Waals surface area (Å²) >= 11 is 1.55. The highest BCUT2D eigenvalue weighted by molar-refractivity contribution is 7.09. The second-order valence-electron chi connectivity index (χ2n) is 9.28. The zero-order chi connectivity index (χ0) is 26.8. The van der Waals surface area contributed by atoms with Gasteiger partial charge < -0.3 is 10.6 Å². The molecule has 5 aromatic rings. The Morgan fingerprint density at radius 2 is 1.89 bits per heavy atom. The molecule has 2 amide bonds. The normalized spacial score (nSPS) is 11.9. The number of para-hydroxylation sites is 1. The van der Waals surface area contributed by atoms with E-state index in [1.807, 2.05) is 64.3 Å². The Morgan fingerprint density at radius 1 is 1.08 bits per heavy atom. The molecular weight excluding hydrogens is 496 g/mol. The van der Waals surface area contributed by atoms with E-state index in [9.17, 15) is 9.59 Å². The molecule has 3 aromatic heterocycles. The fourth-order valence-corrected chi connectivity index (χ4v) is 5.04. The topological polar surface area (TPSA) is 102 Å². The van der Waals surface area contributed by atoms with Gasteiger partial charge in [-0.2, -0.15) is 5.10 Å². The molecule has 192 valence electrons. The summed E-state index contributed by atoms with van der Waals surface area (Å²) in [4.78, 5) is 36.1. The van der Waals surface area contributed by atoms with Gasteiger partial charge in [0.15, 0.2) is 0 Å². The fourth-order valence-electron chi connectivity index (χ4n) is 4.44. The van der Waals surface area contributed by atoms with E-state index >= 15 is 0 Å². The number of aryl methyl sites for hydroxylation is 3. The molecule has 0 fully saturated rings. The summed E-state index contributed by atoms with van der Waals surface area (Å²) in [5, 5.41) is 11.3. The second-order valence-corrected chi connectivity index (χ2v) is 10.3. The van der Waals surface area contributed by atoms with Gasteiger partial charge in [0.1, 0.15) is 0 Å². The van der Waals surface area contributed by atoms with Gasteiger partial charge in [0.25, 0.3) is 11.8 Å². The summed E-state index contributed by atoms with van der Waals surface area (Å²) in [7, 11) is 1.87. The van der Waals surface area contributed by atoms with Gasteiger partial charge in [-0.1, -0.05) is 18.2 Å². The fraction of sp³-hybridized carbons (Fsp3) is 0.207. The smallest absolute Gasteiger partial charge is 0.252 e. The van der Waals surface area contributed by atoms with E-state index < -0.39 is 0 Å². The Labute approximate surface area is 224 Å². The van der Waals surface area contributed by atoms with E-state index in [-0.39, 0.29) is 17.9 Å². The number of fused-ring (bicyclic) bond motifs is 1. The molecule has 38 heavy (non-hydrogen) atoms. The lowest BCUT2D eigenvalue weighted by Gasteiger charge is -2.18. The minimum atomic E-state index is -0.283. The molecule has 0 aliphatic carbocycles. The monoisotopic (exact) mass is 524 g/mol. The van der Waals surface area contributed by atoms with Crippen molar-refractivity contribution >= 4 is 34.1 Å². The first-order valence-corrected chi connectivity index (χ1v) is 13.2. The van der Waals surface area contributed by atoms with Gasteiger partial charge in [0.2, 0.25) is 0 Å². The van der Waals surface area contributed by atoms with Gasteiger partial charge in [0.05, 0.1) is 41.2 Å². The van der Waals surface area contributed by atoms with Crippen LogP contribution in [0.25, 0.3) is 22.2 Å². The summed E-state index contributed by atoms with van der Waals surface area (Å²) < 4.78 is 1.74. The SMILES string of the molecule is Cc1cc(C(=O)NCc2ncsc2C)ccc1C(=O)N[C@H](C)c1cc(-c2cnn(C)c2)nc2ccccc12. The lowest BCUT2D eigenvalue weighted by Crippen LogP contribution is -2.28. The number of rotatable bonds is 7. The minimum Gasteiger partial charge on any atom is -0.346 e. The number of amides is 2. The van der Waals surface area contributed by atoms with Crippen molar-refractivity contribution in [3.05, 3.63) is 99.3 Å². The van der Waals surface area contributed by atoms with Crippen LogP contribution < -0.4 is 10.6 Å². The number of carbonyl (C=O) groups is 2. The van der Waals surface area contributed by atoms with Crippen LogP contribution in [-0.2, 0) is 13.6 Å². The number of carbonyl (C=O) groups excluding carboxylic acids is 2. The van der Waals surface area contributed by atoms with E-state index in [1.165, 1.54) is 0 Å². The van der Waals surface area contributed by atoms with Crippen LogP contribution in [-0.4, -0.2) is 31.6 Å². The molecule has 9 heteroatoms. The third-order valence-electron chi connectivity index (χ3n) is 6.56. The lowest BCUT2D eigenvalue weighted by atomic mass is 9.99. The molecule has 0 aliphatic heterocycles. The quantitative estimate of drug-likeness (QED) is 0.307. The molecule has 3 heterocycles. The Hall–Kier alpha value is -4.37. The van der Waals surface area contributed by atoms with E-state index in [2.05, 4.69) is 20.7 Å². The first kappa shape index (κ1) is 25.3. The first-order chi connectivity index (χ1) is 18.3. The summed E-state index contributed by atoms with van der Waals surface area (Å²) in [5.74, 6) is -0.407. The molecule has 8 nitrogen and oxygen atoms in total. The van der Waals surface area contributed by atoms with Gasteiger partial charge in [0, 0.05) is 40.2 Å². The average Bonchev–Trinajstić information content (AvgIpc) is 3.53. The number of hydrogen-bond donors (Lipinski definition) is 2. The molecule has 5 rings (SSSR count). The highest BCUT2D eigenvalue weighted by Gasteiger charge is 2.19. The first-order valence-electron chi connectivity index (χ1n) is 12.3. The zero-order valence-corrected chi connectivity index (χ0v) is 22.5. The number of nitrogens with one attached hydrogen (secondary N) is 2. The third kappa shape index (κ3) is 5.19. The standard InChI is InChI=1S/C29H28N6O2S/c1-17-11-20(28(36)30-14-27-19(3)38-16-31-27)9-10-22(17)29(37)33-18(2)24-12-26(21-13-32-35(4)15-21)34-25-8-6-5-7-23(24)25/h5-13,15-16,18H,14H2,1-4H3,(H,30,36)(H,33,37)/t18-/m1/s1. The predicted octanol–water partition coefficient (Wildman–Crippen LogP) is 5.13. The third-order valence-corrected chi connectivity index (χ3v) is 7.36. The molecule has 1 atom stereocenters. The van der Waals surface area contributed by atoms with Crippen LogP contribution >= 0.6 is 11.3 Å². The van der Waals surface area contributed by atoms with Crippen molar-refractivity contribution in [1.29, 1.82) is 0 Å². The van der Waals surface area contributed by atoms with Gasteiger partial charge in [-0.15, -0.1) is 11.3 Å². The van der Waals surface area contributed by atoms with Crippen LogP contribution in [0.1, 0.15) is 55.4 Å². The molecule has 2 aromatic carbocycles. The molecule has 0 aliphatic rings. The molecular formula is C29H28N6O2S. The number of pyridine rings is 1. The van der Waals surface area contributed by atoms with Crippen LogP contribution in [0, 0.1) is 13.8 Å². The van der Waals surface area contributed by atoms with Crippen molar-refractivity contribution in [2.45, 2.75) is 33.4 Å². The van der Waals surface area contributed by atoms with Gasteiger partial charge in [-0.05, 0) is 62.2 Å².